The van der Waals surface area contributed by atoms with Crippen LogP contribution < -0.4 is 0 Å². The lowest BCUT2D eigenvalue weighted by Gasteiger charge is -2.08. The summed E-state index contributed by atoms with van der Waals surface area (Å²) in [5.74, 6) is 0. The van der Waals surface area contributed by atoms with E-state index in [2.05, 4.69) is 39.0 Å². The molecule has 0 bridgehead atoms. The summed E-state index contributed by atoms with van der Waals surface area (Å²) in [6, 6.07) is 9.48. The Bertz CT molecular complexity index is 260. The Morgan fingerprint density at radius 1 is 0.722 bits per heavy atom. The Morgan fingerprint density at radius 2 is 1.17 bits per heavy atom. The lowest BCUT2D eigenvalue weighted by atomic mass is 9.96. The number of benzene rings is 1. The maximum atomic E-state index is 3.58. The van der Waals surface area contributed by atoms with Crippen LogP contribution in [-0.2, 0) is 19.3 Å². The summed E-state index contributed by atoms with van der Waals surface area (Å²) in [6.45, 7) is 6.76. The van der Waals surface area contributed by atoms with E-state index in [1.54, 1.807) is 0 Å². The van der Waals surface area contributed by atoms with E-state index in [4.69, 9.17) is 0 Å². The number of hydrogen-bond donors (Lipinski definition) is 0. The average Bonchev–Trinajstić information content (AvgIpc) is 2.40. The molecule has 0 amide bonds. The first-order valence-electron chi connectivity index (χ1n) is 7.76. The molecule has 0 unspecified atom stereocenters. The van der Waals surface area contributed by atoms with E-state index in [1.807, 2.05) is 0 Å². The molecule has 0 nitrogen and oxygen atoms in total. The van der Waals surface area contributed by atoms with Crippen molar-refractivity contribution in [1.29, 1.82) is 0 Å². The molecule has 0 N–H and O–H groups in total. The van der Waals surface area contributed by atoms with Crippen molar-refractivity contribution in [3.63, 3.8) is 0 Å². The maximum Gasteiger partial charge on any atom is -0.0108 e. The zero-order valence-electron chi connectivity index (χ0n) is 12.4. The molecule has 0 aromatic heterocycles. The lowest BCUT2D eigenvalue weighted by Crippen LogP contribution is -1.96. The van der Waals surface area contributed by atoms with Crippen molar-refractivity contribution in [3.8, 4) is 0 Å². The molecule has 0 saturated heterocycles. The topological polar surface area (TPSA) is 0 Å². The van der Waals surface area contributed by atoms with Crippen LogP contribution in [0.15, 0.2) is 6.07 Å². The monoisotopic (exact) mass is 244 g/mol. The predicted molar refractivity (Wildman–Crippen MR) is 80.0 cm³/mol. The van der Waals surface area contributed by atoms with Crippen molar-refractivity contribution in [2.75, 3.05) is 0 Å². The van der Waals surface area contributed by atoms with E-state index in [1.165, 1.54) is 68.1 Å². The molecule has 0 aliphatic heterocycles. The molecule has 0 saturated carbocycles. The first kappa shape index (κ1) is 15.3. The minimum absolute atomic E-state index is 1.15. The van der Waals surface area contributed by atoms with Crippen molar-refractivity contribution in [3.05, 3.63) is 34.9 Å². The van der Waals surface area contributed by atoms with Crippen molar-refractivity contribution < 1.29 is 0 Å². The summed E-state index contributed by atoms with van der Waals surface area (Å²) >= 11 is 0. The van der Waals surface area contributed by atoms with Crippen molar-refractivity contribution in [2.45, 2.75) is 78.6 Å². The molecule has 0 fully saturated rings. The molecule has 1 aromatic rings. The Balaban J connectivity index is 2.74. The van der Waals surface area contributed by atoms with Crippen LogP contribution in [0, 0.1) is 12.1 Å². The molecule has 1 rings (SSSR count). The van der Waals surface area contributed by atoms with Gasteiger partial charge in [-0.1, -0.05) is 46.1 Å². The van der Waals surface area contributed by atoms with E-state index < -0.39 is 0 Å². The Hall–Kier alpha value is -0.780. The highest BCUT2D eigenvalue weighted by Gasteiger charge is 2.03. The number of aryl methyl sites for hydroxylation is 3. The molecule has 0 atom stereocenters. The summed E-state index contributed by atoms with van der Waals surface area (Å²) in [4.78, 5) is 0. The molecule has 0 heteroatoms. The molecule has 0 aliphatic carbocycles. The third kappa shape index (κ3) is 5.71. The maximum absolute atomic E-state index is 3.58. The van der Waals surface area contributed by atoms with Gasteiger partial charge in [0.25, 0.3) is 0 Å². The summed E-state index contributed by atoms with van der Waals surface area (Å²) in [5, 5.41) is 0. The summed E-state index contributed by atoms with van der Waals surface area (Å²) in [6.07, 6.45) is 11.1. The molecular formula is C18H28. The van der Waals surface area contributed by atoms with Crippen molar-refractivity contribution in [1.82, 2.24) is 0 Å². The zero-order chi connectivity index (χ0) is 13.2. The Kier molecular flexibility index (Phi) is 7.80. The first-order chi connectivity index (χ1) is 8.80. The fraction of sp³-hybridized carbons (Fsp3) is 0.667. The van der Waals surface area contributed by atoms with Crippen LogP contribution in [0.2, 0.25) is 0 Å². The molecule has 0 spiro atoms. The van der Waals surface area contributed by atoms with E-state index in [0.29, 0.717) is 0 Å². The summed E-state index contributed by atoms with van der Waals surface area (Å²) in [7, 11) is 0. The highest BCUT2D eigenvalue weighted by Crippen LogP contribution is 2.15. The van der Waals surface area contributed by atoms with Crippen LogP contribution in [0.4, 0.5) is 0 Å². The second-order valence-corrected chi connectivity index (χ2v) is 5.23. The second-order valence-electron chi connectivity index (χ2n) is 5.23. The van der Waals surface area contributed by atoms with E-state index in [9.17, 15) is 0 Å². The summed E-state index contributed by atoms with van der Waals surface area (Å²) in [5.41, 5.74) is 4.14. The van der Waals surface area contributed by atoms with Gasteiger partial charge in [-0.05, 0) is 67.3 Å². The van der Waals surface area contributed by atoms with Crippen LogP contribution in [-0.4, -0.2) is 0 Å². The van der Waals surface area contributed by atoms with Crippen LogP contribution >= 0.6 is 0 Å². The normalized spacial score (nSPS) is 10.8. The van der Waals surface area contributed by atoms with E-state index in [0.717, 1.165) is 6.42 Å². The van der Waals surface area contributed by atoms with Gasteiger partial charge in [0, 0.05) is 0 Å². The van der Waals surface area contributed by atoms with Gasteiger partial charge < -0.3 is 0 Å². The fourth-order valence-electron chi connectivity index (χ4n) is 2.18. The van der Waals surface area contributed by atoms with Gasteiger partial charge in [-0.25, -0.2) is 0 Å². The van der Waals surface area contributed by atoms with Crippen LogP contribution in [0.1, 0.15) is 76.0 Å². The zero-order valence-corrected chi connectivity index (χ0v) is 12.4. The molecule has 1 aromatic carbocycles. The number of unbranched alkanes of at least 4 members (excludes halogenated alkanes) is 3. The van der Waals surface area contributed by atoms with Gasteiger partial charge >= 0.3 is 0 Å². The van der Waals surface area contributed by atoms with Gasteiger partial charge in [-0.15, -0.1) is 0 Å². The van der Waals surface area contributed by atoms with Gasteiger partial charge in [-0.2, -0.15) is 0 Å². The van der Waals surface area contributed by atoms with Gasteiger partial charge in [-0.3, -0.25) is 0 Å². The molecule has 18 heavy (non-hydrogen) atoms. The third-order valence-corrected chi connectivity index (χ3v) is 3.35. The minimum atomic E-state index is 1.15. The number of hydrogen-bond acceptors (Lipinski definition) is 0. The largest absolute Gasteiger partial charge is 0.0654 e. The summed E-state index contributed by atoms with van der Waals surface area (Å²) < 4.78 is 0. The SMILES string of the molecule is CCCCc1[c]c(CCCC)cc(CCCC)[c]1. The fourth-order valence-corrected chi connectivity index (χ4v) is 2.18. The van der Waals surface area contributed by atoms with E-state index in [-0.39, 0.29) is 0 Å². The second kappa shape index (κ2) is 9.19. The van der Waals surface area contributed by atoms with Gasteiger partial charge in [0.1, 0.15) is 0 Å². The minimum Gasteiger partial charge on any atom is -0.0654 e. The first-order valence-corrected chi connectivity index (χ1v) is 7.76. The quantitative estimate of drug-likeness (QED) is 0.552. The van der Waals surface area contributed by atoms with Crippen LogP contribution in [0.3, 0.4) is 0 Å². The van der Waals surface area contributed by atoms with Crippen LogP contribution in [0.25, 0.3) is 0 Å². The lowest BCUT2D eigenvalue weighted by molar-refractivity contribution is 0.763. The van der Waals surface area contributed by atoms with Gasteiger partial charge in [0.15, 0.2) is 0 Å². The highest BCUT2D eigenvalue weighted by molar-refractivity contribution is 5.28. The molecule has 0 aliphatic rings. The van der Waals surface area contributed by atoms with Gasteiger partial charge in [0.2, 0.25) is 0 Å². The third-order valence-electron chi connectivity index (χ3n) is 3.35. The Labute approximate surface area is 114 Å². The predicted octanol–water partition coefficient (Wildman–Crippen LogP) is 5.31. The van der Waals surface area contributed by atoms with Crippen molar-refractivity contribution >= 4 is 0 Å². The smallest absolute Gasteiger partial charge is 0.0108 e. The Morgan fingerprint density at radius 3 is 1.61 bits per heavy atom. The molecule has 100 valence electrons. The van der Waals surface area contributed by atoms with Gasteiger partial charge in [0.05, 0.1) is 0 Å². The van der Waals surface area contributed by atoms with Crippen LogP contribution in [0.5, 0.6) is 0 Å². The van der Waals surface area contributed by atoms with Crippen molar-refractivity contribution in [2.24, 2.45) is 0 Å². The molecular weight excluding hydrogens is 216 g/mol. The molecule has 2 radical (unpaired) electrons. The molecule has 0 heterocycles. The average molecular weight is 244 g/mol. The highest BCUT2D eigenvalue weighted by atomic mass is 14.1. The van der Waals surface area contributed by atoms with E-state index >= 15 is 0 Å². The number of rotatable bonds is 9. The standard InChI is InChI=1S/C18H28/c1-4-7-10-16-13-17(11-8-5-2)15-18(14-16)12-9-6-3/h13H,4-12H2,1-3H3.